The number of aliphatic hydroxyl groups excluding tert-OH is 1. The van der Waals surface area contributed by atoms with Gasteiger partial charge >= 0.3 is 0 Å². The van der Waals surface area contributed by atoms with Crippen molar-refractivity contribution in [1.82, 2.24) is 9.97 Å². The third kappa shape index (κ3) is 2.77. The lowest BCUT2D eigenvalue weighted by Crippen LogP contribution is -2.50. The van der Waals surface area contributed by atoms with Crippen molar-refractivity contribution in [3.63, 3.8) is 0 Å². The Balaban J connectivity index is 2.24. The number of nitrogens with zero attached hydrogens (tertiary/aromatic N) is 3. The molecule has 3 N–H and O–H groups in total. The van der Waals surface area contributed by atoms with Crippen molar-refractivity contribution in [3.05, 3.63) is 11.2 Å². The lowest BCUT2D eigenvalue weighted by Gasteiger charge is -2.38. The van der Waals surface area contributed by atoms with Crippen LogP contribution in [0.25, 0.3) is 0 Å². The molecule has 1 aliphatic rings. The number of ether oxygens (including phenoxy) is 1. The lowest BCUT2D eigenvalue weighted by atomic mass is 10.2. The standard InChI is InChI=1S/C10H15ClN4O2/c1-6-5-17-7(4-16)3-15(6)9-2-8(11)13-10(12)14-9/h2,6-7,16H,3-5H2,1H3,(H2,12,13,14)/t6-,7+/m1/s1. The Morgan fingerprint density at radius 2 is 2.41 bits per heavy atom. The summed E-state index contributed by atoms with van der Waals surface area (Å²) >= 11 is 5.85. The largest absolute Gasteiger partial charge is 0.394 e. The zero-order valence-electron chi connectivity index (χ0n) is 9.51. The first kappa shape index (κ1) is 12.3. The number of nitrogens with two attached hydrogens (primary N) is 1. The summed E-state index contributed by atoms with van der Waals surface area (Å²) in [4.78, 5) is 9.97. The van der Waals surface area contributed by atoms with Gasteiger partial charge in [-0.1, -0.05) is 11.6 Å². The number of hydrogen-bond donors (Lipinski definition) is 2. The molecular formula is C10H15ClN4O2. The third-order valence-corrected chi connectivity index (χ3v) is 2.90. The van der Waals surface area contributed by atoms with Gasteiger partial charge in [-0.3, -0.25) is 0 Å². The van der Waals surface area contributed by atoms with Crippen molar-refractivity contribution in [2.45, 2.75) is 19.1 Å². The first-order valence-corrected chi connectivity index (χ1v) is 5.77. The smallest absolute Gasteiger partial charge is 0.223 e. The van der Waals surface area contributed by atoms with E-state index in [1.807, 2.05) is 11.8 Å². The number of nitrogen functional groups attached to an aromatic ring is 1. The van der Waals surface area contributed by atoms with Gasteiger partial charge in [0.15, 0.2) is 0 Å². The summed E-state index contributed by atoms with van der Waals surface area (Å²) in [6, 6.07) is 1.82. The molecule has 17 heavy (non-hydrogen) atoms. The summed E-state index contributed by atoms with van der Waals surface area (Å²) in [5, 5.41) is 9.43. The van der Waals surface area contributed by atoms with Gasteiger partial charge in [-0.05, 0) is 6.92 Å². The van der Waals surface area contributed by atoms with Crippen LogP contribution in [-0.2, 0) is 4.74 Å². The van der Waals surface area contributed by atoms with Crippen LogP contribution in [0.2, 0.25) is 5.15 Å². The van der Waals surface area contributed by atoms with E-state index >= 15 is 0 Å². The number of morpholine rings is 1. The van der Waals surface area contributed by atoms with E-state index in [2.05, 4.69) is 9.97 Å². The average molecular weight is 259 g/mol. The highest BCUT2D eigenvalue weighted by Crippen LogP contribution is 2.22. The molecular weight excluding hydrogens is 244 g/mol. The van der Waals surface area contributed by atoms with Gasteiger partial charge in [0.1, 0.15) is 11.0 Å². The second kappa shape index (κ2) is 5.03. The maximum atomic E-state index is 9.12. The average Bonchev–Trinajstić information content (AvgIpc) is 2.28. The topological polar surface area (TPSA) is 84.5 Å². The van der Waals surface area contributed by atoms with Crippen LogP contribution in [0.1, 0.15) is 6.92 Å². The summed E-state index contributed by atoms with van der Waals surface area (Å²) in [5.41, 5.74) is 5.56. The molecule has 94 valence electrons. The van der Waals surface area contributed by atoms with Crippen LogP contribution in [0.15, 0.2) is 6.07 Å². The quantitative estimate of drug-likeness (QED) is 0.742. The Hall–Kier alpha value is -1.11. The van der Waals surface area contributed by atoms with Crippen molar-refractivity contribution < 1.29 is 9.84 Å². The molecule has 1 aliphatic heterocycles. The molecule has 0 aromatic carbocycles. The van der Waals surface area contributed by atoms with E-state index in [4.69, 9.17) is 27.2 Å². The number of halogens is 1. The highest BCUT2D eigenvalue weighted by Gasteiger charge is 2.27. The molecule has 1 aromatic rings. The highest BCUT2D eigenvalue weighted by atomic mass is 35.5. The van der Waals surface area contributed by atoms with Gasteiger partial charge in [0.2, 0.25) is 5.95 Å². The predicted octanol–water partition coefficient (Wildman–Crippen LogP) is 0.298. The van der Waals surface area contributed by atoms with Crippen molar-refractivity contribution in [2.75, 3.05) is 30.4 Å². The lowest BCUT2D eigenvalue weighted by molar-refractivity contribution is -0.0105. The summed E-state index contributed by atoms with van der Waals surface area (Å²) in [6.07, 6.45) is -0.207. The van der Waals surface area contributed by atoms with Crippen LogP contribution < -0.4 is 10.6 Å². The second-order valence-corrected chi connectivity index (χ2v) is 4.43. The van der Waals surface area contributed by atoms with E-state index in [0.717, 1.165) is 0 Å². The maximum absolute atomic E-state index is 9.12. The maximum Gasteiger partial charge on any atom is 0.223 e. The minimum Gasteiger partial charge on any atom is -0.394 e. The Morgan fingerprint density at radius 3 is 3.06 bits per heavy atom. The Labute approximate surface area is 104 Å². The molecule has 0 saturated carbocycles. The summed E-state index contributed by atoms with van der Waals surface area (Å²) < 4.78 is 5.45. The normalized spacial score (nSPS) is 25.0. The minimum absolute atomic E-state index is 0.0164. The Morgan fingerprint density at radius 1 is 1.65 bits per heavy atom. The van der Waals surface area contributed by atoms with Crippen molar-refractivity contribution in [1.29, 1.82) is 0 Å². The van der Waals surface area contributed by atoms with Crippen LogP contribution >= 0.6 is 11.6 Å². The number of hydrogen-bond acceptors (Lipinski definition) is 6. The summed E-state index contributed by atoms with van der Waals surface area (Å²) in [5.74, 6) is 0.809. The fraction of sp³-hybridized carbons (Fsp3) is 0.600. The van der Waals surface area contributed by atoms with Crippen LogP contribution in [0.3, 0.4) is 0 Å². The monoisotopic (exact) mass is 258 g/mol. The fourth-order valence-corrected chi connectivity index (χ4v) is 2.00. The zero-order chi connectivity index (χ0) is 12.4. The predicted molar refractivity (Wildman–Crippen MR) is 65.1 cm³/mol. The Kier molecular flexibility index (Phi) is 3.66. The fourth-order valence-electron chi connectivity index (χ4n) is 1.82. The van der Waals surface area contributed by atoms with E-state index in [-0.39, 0.29) is 24.7 Å². The van der Waals surface area contributed by atoms with Gasteiger partial charge in [0.05, 0.1) is 25.4 Å². The molecule has 0 aliphatic carbocycles. The molecule has 1 aromatic heterocycles. The van der Waals surface area contributed by atoms with Gasteiger partial charge in [-0.25, -0.2) is 4.98 Å². The first-order chi connectivity index (χ1) is 8.10. The third-order valence-electron chi connectivity index (χ3n) is 2.70. The number of aromatic nitrogens is 2. The second-order valence-electron chi connectivity index (χ2n) is 4.05. The number of aliphatic hydroxyl groups is 1. The van der Waals surface area contributed by atoms with Gasteiger partial charge in [-0.2, -0.15) is 4.98 Å². The Bertz CT molecular complexity index is 384. The van der Waals surface area contributed by atoms with E-state index in [1.54, 1.807) is 6.07 Å². The number of anilines is 2. The summed E-state index contributed by atoms with van der Waals surface area (Å²) in [7, 11) is 0. The van der Waals surface area contributed by atoms with Crippen LogP contribution in [-0.4, -0.2) is 47.0 Å². The van der Waals surface area contributed by atoms with E-state index < -0.39 is 0 Å². The molecule has 0 unspecified atom stereocenters. The van der Waals surface area contributed by atoms with Gasteiger partial charge in [0.25, 0.3) is 0 Å². The van der Waals surface area contributed by atoms with E-state index in [9.17, 15) is 0 Å². The van der Waals surface area contributed by atoms with Gasteiger partial charge < -0.3 is 20.5 Å². The molecule has 2 rings (SSSR count). The number of rotatable bonds is 2. The van der Waals surface area contributed by atoms with Crippen LogP contribution in [0.5, 0.6) is 0 Å². The molecule has 7 heteroatoms. The molecule has 6 nitrogen and oxygen atoms in total. The van der Waals surface area contributed by atoms with Gasteiger partial charge in [0, 0.05) is 12.6 Å². The molecule has 0 bridgehead atoms. The molecule has 0 spiro atoms. The van der Waals surface area contributed by atoms with Crippen molar-refractivity contribution in [2.24, 2.45) is 0 Å². The molecule has 2 atom stereocenters. The SMILES string of the molecule is C[C@@H]1CO[C@H](CO)CN1c1cc(Cl)nc(N)n1. The van der Waals surface area contributed by atoms with Gasteiger partial charge in [-0.15, -0.1) is 0 Å². The van der Waals surface area contributed by atoms with Crippen molar-refractivity contribution >= 4 is 23.4 Å². The first-order valence-electron chi connectivity index (χ1n) is 5.39. The molecule has 2 heterocycles. The minimum atomic E-state index is -0.207. The molecule has 0 radical (unpaired) electrons. The summed E-state index contributed by atoms with van der Waals surface area (Å²) in [6.45, 7) is 3.09. The van der Waals surface area contributed by atoms with E-state index in [0.29, 0.717) is 24.1 Å². The molecule has 1 saturated heterocycles. The van der Waals surface area contributed by atoms with Crippen molar-refractivity contribution in [3.8, 4) is 0 Å². The van der Waals surface area contributed by atoms with Crippen LogP contribution in [0, 0.1) is 0 Å². The zero-order valence-corrected chi connectivity index (χ0v) is 10.3. The molecule has 1 fully saturated rings. The van der Waals surface area contributed by atoms with Crippen LogP contribution in [0.4, 0.5) is 11.8 Å². The molecule has 0 amide bonds. The highest BCUT2D eigenvalue weighted by molar-refractivity contribution is 6.29. The van der Waals surface area contributed by atoms with E-state index in [1.165, 1.54) is 0 Å².